The Morgan fingerprint density at radius 3 is 2.79 bits per heavy atom. The molecule has 2 aliphatic rings. The van der Waals surface area contributed by atoms with Crippen molar-refractivity contribution in [3.05, 3.63) is 48.4 Å². The minimum Gasteiger partial charge on any atom is -0.368 e. The average Bonchev–Trinajstić information content (AvgIpc) is 3.28. The second-order valence-electron chi connectivity index (χ2n) is 6.73. The van der Waals surface area contributed by atoms with Gasteiger partial charge >= 0.3 is 0 Å². The smallest absolute Gasteiger partial charge is 0.142 e. The summed E-state index contributed by atoms with van der Waals surface area (Å²) in [4.78, 5) is 17.1. The topological polar surface area (TPSA) is 48.1 Å². The van der Waals surface area contributed by atoms with Gasteiger partial charge in [-0.2, -0.15) is 0 Å². The van der Waals surface area contributed by atoms with Crippen molar-refractivity contribution in [3.63, 3.8) is 0 Å². The molecule has 122 valence electrons. The Hall–Kier alpha value is -2.56. The zero-order valence-corrected chi connectivity index (χ0v) is 13.7. The van der Waals surface area contributed by atoms with Crippen molar-refractivity contribution in [2.45, 2.75) is 25.3 Å². The zero-order valence-electron chi connectivity index (χ0n) is 13.7. The summed E-state index contributed by atoms with van der Waals surface area (Å²) in [5.41, 5.74) is 3.88. The van der Waals surface area contributed by atoms with Gasteiger partial charge in [0.25, 0.3) is 0 Å². The number of hydrogen-bond acceptors (Lipinski definition) is 4. The van der Waals surface area contributed by atoms with E-state index in [-0.39, 0.29) is 0 Å². The van der Waals surface area contributed by atoms with E-state index in [1.807, 2.05) is 6.20 Å². The molecule has 2 aromatic heterocycles. The molecule has 1 saturated heterocycles. The van der Waals surface area contributed by atoms with Gasteiger partial charge in [0.1, 0.15) is 17.8 Å². The third-order valence-electron chi connectivity index (χ3n) is 5.46. The van der Waals surface area contributed by atoms with E-state index < -0.39 is 0 Å². The number of piperidine rings is 1. The molecule has 1 N–H and O–H groups in total. The molecule has 5 rings (SSSR count). The number of aromatic amines is 1. The van der Waals surface area contributed by atoms with E-state index in [4.69, 9.17) is 0 Å². The molecule has 0 saturated carbocycles. The number of H-pyrrole nitrogens is 1. The number of benzene rings is 1. The first-order valence-corrected chi connectivity index (χ1v) is 8.78. The normalized spacial score (nSPS) is 18.3. The fourth-order valence-corrected chi connectivity index (χ4v) is 4.24. The fraction of sp³-hybridized carbons (Fsp3) is 0.368. The summed E-state index contributed by atoms with van der Waals surface area (Å²) >= 11 is 0. The van der Waals surface area contributed by atoms with E-state index in [9.17, 15) is 0 Å². The van der Waals surface area contributed by atoms with Gasteiger partial charge in [0.15, 0.2) is 0 Å². The minimum absolute atomic E-state index is 0.647. The van der Waals surface area contributed by atoms with E-state index >= 15 is 0 Å². The minimum atomic E-state index is 0.647. The number of nitrogens with one attached hydrogen (secondary N) is 1. The van der Waals surface area contributed by atoms with Gasteiger partial charge in [-0.15, -0.1) is 0 Å². The first-order valence-electron chi connectivity index (χ1n) is 8.78. The van der Waals surface area contributed by atoms with Crippen molar-refractivity contribution in [2.75, 3.05) is 29.4 Å². The van der Waals surface area contributed by atoms with Gasteiger partial charge in [0.2, 0.25) is 0 Å². The van der Waals surface area contributed by atoms with E-state index in [0.717, 1.165) is 29.9 Å². The van der Waals surface area contributed by atoms with Gasteiger partial charge < -0.3 is 14.8 Å². The number of para-hydroxylation sites is 1. The van der Waals surface area contributed by atoms with Crippen LogP contribution in [0.15, 0.2) is 42.9 Å². The third kappa shape index (κ3) is 2.15. The Labute approximate surface area is 141 Å². The Bertz CT molecular complexity index is 863. The molecule has 0 spiro atoms. The maximum absolute atomic E-state index is 4.54. The highest BCUT2D eigenvalue weighted by atomic mass is 15.2. The lowest BCUT2D eigenvalue weighted by Gasteiger charge is -2.38. The number of anilines is 2. The molecule has 3 aromatic rings. The molecule has 5 heteroatoms. The molecule has 1 aromatic carbocycles. The summed E-state index contributed by atoms with van der Waals surface area (Å²) in [7, 11) is 0. The highest BCUT2D eigenvalue weighted by Crippen LogP contribution is 2.33. The number of fused-ring (bicyclic) bond motifs is 2. The number of rotatable bonds is 2. The van der Waals surface area contributed by atoms with Crippen LogP contribution in [0.1, 0.15) is 18.4 Å². The molecule has 0 aliphatic carbocycles. The van der Waals surface area contributed by atoms with Crippen molar-refractivity contribution >= 4 is 22.5 Å². The number of aromatic nitrogens is 3. The molecule has 0 unspecified atom stereocenters. The average molecular weight is 319 g/mol. The van der Waals surface area contributed by atoms with Gasteiger partial charge in [-0.1, -0.05) is 18.2 Å². The SMILES string of the molecule is c1ccc2c(c1)CCN2C1CCN(c2ncnc3[nH]ccc23)CC1. The van der Waals surface area contributed by atoms with Crippen LogP contribution in [0.25, 0.3) is 11.0 Å². The standard InChI is InChI=1S/C19H21N5/c1-2-4-17-14(3-1)6-12-24(17)15-7-10-23(11-8-15)19-16-5-9-20-18(16)21-13-22-19/h1-5,9,13,15H,6-8,10-12H2,(H,20,21,22). The van der Waals surface area contributed by atoms with Crippen molar-refractivity contribution in [1.82, 2.24) is 15.0 Å². The van der Waals surface area contributed by atoms with E-state index in [1.54, 1.807) is 6.33 Å². The Morgan fingerprint density at radius 2 is 1.88 bits per heavy atom. The van der Waals surface area contributed by atoms with Gasteiger partial charge in [0, 0.05) is 37.6 Å². The van der Waals surface area contributed by atoms with Crippen LogP contribution in [0, 0.1) is 0 Å². The zero-order chi connectivity index (χ0) is 15.9. The quantitative estimate of drug-likeness (QED) is 0.789. The second kappa shape index (κ2) is 5.51. The Balaban J connectivity index is 1.34. The molecule has 0 atom stereocenters. The van der Waals surface area contributed by atoms with Crippen LogP contribution < -0.4 is 9.80 Å². The number of hydrogen-bond donors (Lipinski definition) is 1. The van der Waals surface area contributed by atoms with Gasteiger partial charge in [-0.05, 0) is 37.0 Å². The third-order valence-corrected chi connectivity index (χ3v) is 5.46. The maximum Gasteiger partial charge on any atom is 0.142 e. The molecular formula is C19H21N5. The van der Waals surface area contributed by atoms with Gasteiger partial charge in [-0.25, -0.2) is 9.97 Å². The molecule has 2 aliphatic heterocycles. The van der Waals surface area contributed by atoms with Crippen molar-refractivity contribution in [2.24, 2.45) is 0 Å². The summed E-state index contributed by atoms with van der Waals surface area (Å²) < 4.78 is 0. The summed E-state index contributed by atoms with van der Waals surface area (Å²) in [6.45, 7) is 3.28. The van der Waals surface area contributed by atoms with Crippen LogP contribution in [0.4, 0.5) is 11.5 Å². The molecule has 4 heterocycles. The highest BCUT2D eigenvalue weighted by Gasteiger charge is 2.29. The highest BCUT2D eigenvalue weighted by molar-refractivity contribution is 5.87. The Kier molecular flexibility index (Phi) is 3.18. The predicted molar refractivity (Wildman–Crippen MR) is 96.6 cm³/mol. The number of nitrogens with zero attached hydrogens (tertiary/aromatic N) is 4. The lowest BCUT2D eigenvalue weighted by molar-refractivity contribution is 0.471. The fourth-order valence-electron chi connectivity index (χ4n) is 4.24. The largest absolute Gasteiger partial charge is 0.368 e. The first kappa shape index (κ1) is 13.8. The van der Waals surface area contributed by atoms with Crippen LogP contribution in [0.5, 0.6) is 0 Å². The lowest BCUT2D eigenvalue weighted by Crippen LogP contribution is -2.44. The molecule has 0 amide bonds. The van der Waals surface area contributed by atoms with E-state index in [2.05, 4.69) is 55.1 Å². The van der Waals surface area contributed by atoms with Crippen LogP contribution in [-0.4, -0.2) is 40.6 Å². The van der Waals surface area contributed by atoms with E-state index in [1.165, 1.54) is 37.1 Å². The molecule has 1 fully saturated rings. The van der Waals surface area contributed by atoms with Crippen LogP contribution >= 0.6 is 0 Å². The first-order chi connectivity index (χ1) is 11.9. The molecule has 5 nitrogen and oxygen atoms in total. The monoisotopic (exact) mass is 319 g/mol. The molecule has 24 heavy (non-hydrogen) atoms. The summed E-state index contributed by atoms with van der Waals surface area (Å²) in [6, 6.07) is 11.6. The van der Waals surface area contributed by atoms with Gasteiger partial charge in [0.05, 0.1) is 5.39 Å². The maximum atomic E-state index is 4.54. The van der Waals surface area contributed by atoms with Crippen LogP contribution in [0.2, 0.25) is 0 Å². The second-order valence-corrected chi connectivity index (χ2v) is 6.73. The van der Waals surface area contributed by atoms with Gasteiger partial charge in [-0.3, -0.25) is 0 Å². The molecule has 0 radical (unpaired) electrons. The lowest BCUT2D eigenvalue weighted by atomic mass is 10.0. The summed E-state index contributed by atoms with van der Waals surface area (Å²) in [5.74, 6) is 1.07. The summed E-state index contributed by atoms with van der Waals surface area (Å²) in [5, 5.41) is 1.13. The van der Waals surface area contributed by atoms with Crippen LogP contribution in [0.3, 0.4) is 0 Å². The molecule has 0 bridgehead atoms. The van der Waals surface area contributed by atoms with Crippen molar-refractivity contribution < 1.29 is 0 Å². The summed E-state index contributed by atoms with van der Waals surface area (Å²) in [6.07, 6.45) is 7.16. The van der Waals surface area contributed by atoms with Crippen molar-refractivity contribution in [1.29, 1.82) is 0 Å². The predicted octanol–water partition coefficient (Wildman–Crippen LogP) is 2.99. The Morgan fingerprint density at radius 1 is 1.00 bits per heavy atom. The van der Waals surface area contributed by atoms with E-state index in [0.29, 0.717) is 6.04 Å². The molecular weight excluding hydrogens is 298 g/mol. The van der Waals surface area contributed by atoms with Crippen LogP contribution in [-0.2, 0) is 6.42 Å². The van der Waals surface area contributed by atoms with Crippen molar-refractivity contribution in [3.8, 4) is 0 Å².